The van der Waals surface area contributed by atoms with Crippen LogP contribution in [0.5, 0.6) is 0 Å². The highest BCUT2D eigenvalue weighted by molar-refractivity contribution is 4.80. The second-order valence-corrected chi connectivity index (χ2v) is 5.40. The minimum absolute atomic E-state index is 0.660. The lowest BCUT2D eigenvalue weighted by Gasteiger charge is -2.34. The second-order valence-electron chi connectivity index (χ2n) is 5.40. The first-order chi connectivity index (χ1) is 8.19. The van der Waals surface area contributed by atoms with Gasteiger partial charge in [-0.25, -0.2) is 0 Å². The van der Waals surface area contributed by atoms with Gasteiger partial charge >= 0.3 is 0 Å². The van der Waals surface area contributed by atoms with Crippen LogP contribution in [-0.4, -0.2) is 50.8 Å². The molecule has 1 heterocycles. The minimum atomic E-state index is 0.660. The van der Waals surface area contributed by atoms with E-state index in [9.17, 15) is 0 Å². The van der Waals surface area contributed by atoms with Crippen LogP contribution in [0.3, 0.4) is 0 Å². The van der Waals surface area contributed by atoms with Crippen molar-refractivity contribution in [3.63, 3.8) is 0 Å². The number of nitrogens with zero attached hydrogens (tertiary/aromatic N) is 1. The van der Waals surface area contributed by atoms with Gasteiger partial charge in [-0.05, 0) is 32.9 Å². The molecule has 0 radical (unpaired) electrons. The van der Waals surface area contributed by atoms with Gasteiger partial charge in [0.25, 0.3) is 0 Å². The number of ether oxygens (including phenoxy) is 1. The van der Waals surface area contributed by atoms with E-state index < -0.39 is 0 Å². The van der Waals surface area contributed by atoms with Gasteiger partial charge in [-0.15, -0.1) is 0 Å². The molecule has 1 rings (SSSR count). The van der Waals surface area contributed by atoms with E-state index in [1.54, 1.807) is 0 Å². The number of likely N-dealkylation sites (N-methyl/N-ethyl adjacent to an activating group) is 1. The van der Waals surface area contributed by atoms with Crippen molar-refractivity contribution in [2.45, 2.75) is 51.6 Å². The van der Waals surface area contributed by atoms with Crippen LogP contribution in [-0.2, 0) is 4.74 Å². The highest BCUT2D eigenvalue weighted by Crippen LogP contribution is 2.17. The fourth-order valence-corrected chi connectivity index (χ4v) is 2.79. The average Bonchev–Trinajstić information content (AvgIpc) is 2.35. The van der Waals surface area contributed by atoms with Crippen LogP contribution in [0.4, 0.5) is 0 Å². The summed E-state index contributed by atoms with van der Waals surface area (Å²) < 4.78 is 5.39. The summed E-state index contributed by atoms with van der Waals surface area (Å²) in [5.74, 6) is 0.803. The highest BCUT2D eigenvalue weighted by Gasteiger charge is 2.22. The van der Waals surface area contributed by atoms with E-state index in [0.29, 0.717) is 12.1 Å². The molecule has 3 heteroatoms. The molecule has 0 spiro atoms. The maximum Gasteiger partial charge on any atom is 0.0480 e. The van der Waals surface area contributed by atoms with E-state index >= 15 is 0 Å². The molecule has 17 heavy (non-hydrogen) atoms. The fraction of sp³-hybridized carbons (Fsp3) is 1.00. The molecule has 0 aromatic heterocycles. The van der Waals surface area contributed by atoms with E-state index in [2.05, 4.69) is 38.2 Å². The van der Waals surface area contributed by atoms with Crippen molar-refractivity contribution in [3.8, 4) is 0 Å². The molecule has 0 aromatic carbocycles. The van der Waals surface area contributed by atoms with Crippen LogP contribution < -0.4 is 5.32 Å². The van der Waals surface area contributed by atoms with Gasteiger partial charge in [-0.1, -0.05) is 26.7 Å². The molecule has 0 aliphatic carbocycles. The Balaban J connectivity index is 2.37. The summed E-state index contributed by atoms with van der Waals surface area (Å²) in [6.07, 6.45) is 4.88. The lowest BCUT2D eigenvalue weighted by Crippen LogP contribution is -2.47. The zero-order valence-corrected chi connectivity index (χ0v) is 12.0. The van der Waals surface area contributed by atoms with Gasteiger partial charge in [-0.3, -0.25) is 0 Å². The average molecular weight is 242 g/mol. The maximum atomic E-state index is 5.39. The molecule has 1 aliphatic rings. The summed E-state index contributed by atoms with van der Waals surface area (Å²) in [7, 11) is 4.41. The molecule has 1 fully saturated rings. The molecular formula is C14H30N2O. The maximum absolute atomic E-state index is 5.39. The van der Waals surface area contributed by atoms with Gasteiger partial charge in [0, 0.05) is 31.8 Å². The first kappa shape index (κ1) is 14.9. The van der Waals surface area contributed by atoms with Crippen molar-refractivity contribution < 1.29 is 4.74 Å². The van der Waals surface area contributed by atoms with Crippen LogP contribution in [0.1, 0.15) is 39.5 Å². The molecule has 0 bridgehead atoms. The summed E-state index contributed by atoms with van der Waals surface area (Å²) in [6, 6.07) is 1.33. The summed E-state index contributed by atoms with van der Waals surface area (Å²) in [6.45, 7) is 7.58. The predicted octanol–water partition coefficient (Wildman–Crippen LogP) is 2.12. The lowest BCUT2D eigenvalue weighted by molar-refractivity contribution is 0.0741. The molecule has 3 nitrogen and oxygen atoms in total. The van der Waals surface area contributed by atoms with E-state index in [1.807, 2.05) is 0 Å². The third-order valence-corrected chi connectivity index (χ3v) is 4.09. The fourth-order valence-electron chi connectivity index (χ4n) is 2.79. The summed E-state index contributed by atoms with van der Waals surface area (Å²) in [5.41, 5.74) is 0. The van der Waals surface area contributed by atoms with E-state index in [4.69, 9.17) is 4.74 Å². The molecule has 0 amide bonds. The first-order valence-corrected chi connectivity index (χ1v) is 7.16. The van der Waals surface area contributed by atoms with Gasteiger partial charge < -0.3 is 15.0 Å². The largest absolute Gasteiger partial charge is 0.381 e. The molecule has 0 aromatic rings. The van der Waals surface area contributed by atoms with Gasteiger partial charge in [0.05, 0.1) is 0 Å². The SMILES string of the molecule is CCC(CC)C(CNC1CCOCC1)N(C)C. The van der Waals surface area contributed by atoms with Gasteiger partial charge in [0.1, 0.15) is 0 Å². The molecule has 1 aliphatic heterocycles. The summed E-state index contributed by atoms with van der Waals surface area (Å²) >= 11 is 0. The quantitative estimate of drug-likeness (QED) is 0.740. The zero-order chi connectivity index (χ0) is 12.7. The standard InChI is InChI=1S/C14H30N2O/c1-5-12(6-2)14(16(3)4)11-15-13-7-9-17-10-8-13/h12-15H,5-11H2,1-4H3. The van der Waals surface area contributed by atoms with Crippen molar-refractivity contribution in [2.24, 2.45) is 5.92 Å². The van der Waals surface area contributed by atoms with E-state index in [-0.39, 0.29) is 0 Å². The normalized spacial score (nSPS) is 20.1. The summed E-state index contributed by atoms with van der Waals surface area (Å²) in [4.78, 5) is 2.38. The molecule has 1 saturated heterocycles. The van der Waals surface area contributed by atoms with Crippen LogP contribution in [0, 0.1) is 5.92 Å². The lowest BCUT2D eigenvalue weighted by atomic mass is 9.93. The first-order valence-electron chi connectivity index (χ1n) is 7.16. The Morgan fingerprint density at radius 3 is 2.24 bits per heavy atom. The van der Waals surface area contributed by atoms with Crippen molar-refractivity contribution in [1.82, 2.24) is 10.2 Å². The predicted molar refractivity (Wildman–Crippen MR) is 73.4 cm³/mol. The number of hydrogen-bond donors (Lipinski definition) is 1. The van der Waals surface area contributed by atoms with Crippen molar-refractivity contribution in [3.05, 3.63) is 0 Å². The smallest absolute Gasteiger partial charge is 0.0480 e. The Morgan fingerprint density at radius 2 is 1.76 bits per heavy atom. The van der Waals surface area contributed by atoms with Crippen LogP contribution in [0.2, 0.25) is 0 Å². The van der Waals surface area contributed by atoms with Crippen LogP contribution >= 0.6 is 0 Å². The molecule has 1 unspecified atom stereocenters. The topological polar surface area (TPSA) is 24.5 Å². The zero-order valence-electron chi connectivity index (χ0n) is 12.0. The molecule has 1 atom stereocenters. The highest BCUT2D eigenvalue weighted by atomic mass is 16.5. The van der Waals surface area contributed by atoms with Crippen molar-refractivity contribution in [2.75, 3.05) is 33.9 Å². The van der Waals surface area contributed by atoms with Crippen molar-refractivity contribution >= 4 is 0 Å². The summed E-state index contributed by atoms with van der Waals surface area (Å²) in [5, 5.41) is 3.73. The Labute approximate surface area is 107 Å². The Bertz CT molecular complexity index is 187. The molecule has 0 saturated carbocycles. The van der Waals surface area contributed by atoms with Gasteiger partial charge in [0.15, 0.2) is 0 Å². The van der Waals surface area contributed by atoms with Crippen LogP contribution in [0.25, 0.3) is 0 Å². The Kier molecular flexibility index (Phi) is 7.09. The monoisotopic (exact) mass is 242 g/mol. The third-order valence-electron chi connectivity index (χ3n) is 4.09. The second kappa shape index (κ2) is 8.06. The van der Waals surface area contributed by atoms with Crippen LogP contribution in [0.15, 0.2) is 0 Å². The van der Waals surface area contributed by atoms with Crippen molar-refractivity contribution in [1.29, 1.82) is 0 Å². The molecule has 102 valence electrons. The van der Waals surface area contributed by atoms with E-state index in [1.165, 1.54) is 25.7 Å². The molecule has 1 N–H and O–H groups in total. The number of rotatable bonds is 7. The number of nitrogens with one attached hydrogen (secondary N) is 1. The molecular weight excluding hydrogens is 212 g/mol. The van der Waals surface area contributed by atoms with Gasteiger partial charge in [-0.2, -0.15) is 0 Å². The number of hydrogen-bond acceptors (Lipinski definition) is 3. The van der Waals surface area contributed by atoms with E-state index in [0.717, 1.165) is 25.7 Å². The van der Waals surface area contributed by atoms with Gasteiger partial charge in [0.2, 0.25) is 0 Å². The third kappa shape index (κ3) is 4.94. The Hall–Kier alpha value is -0.120. The Morgan fingerprint density at radius 1 is 1.18 bits per heavy atom. The minimum Gasteiger partial charge on any atom is -0.381 e.